The van der Waals surface area contributed by atoms with Crippen LogP contribution in [-0.4, -0.2) is 24.2 Å². The van der Waals surface area contributed by atoms with E-state index >= 15 is 0 Å². The normalized spacial score (nSPS) is 14.2. The molecule has 0 saturated carbocycles. The van der Waals surface area contributed by atoms with Crippen molar-refractivity contribution in [1.29, 1.82) is 0 Å². The predicted molar refractivity (Wildman–Crippen MR) is 54.7 cm³/mol. The van der Waals surface area contributed by atoms with Gasteiger partial charge < -0.3 is 10.0 Å². The van der Waals surface area contributed by atoms with Gasteiger partial charge in [-0.3, -0.25) is 4.79 Å². The molecular weight excluding hydrogens is 178 g/mol. The topological polar surface area (TPSA) is 40.5 Å². The quantitative estimate of drug-likeness (QED) is 0.769. The third kappa shape index (κ3) is 1.45. The van der Waals surface area contributed by atoms with Gasteiger partial charge in [0.15, 0.2) is 0 Å². The second kappa shape index (κ2) is 3.33. The van der Waals surface area contributed by atoms with Crippen molar-refractivity contribution in [3.8, 4) is 0 Å². The van der Waals surface area contributed by atoms with Crippen molar-refractivity contribution in [2.45, 2.75) is 13.3 Å². The van der Waals surface area contributed by atoms with E-state index in [4.69, 9.17) is 5.11 Å². The molecule has 1 N–H and O–H groups in total. The van der Waals surface area contributed by atoms with E-state index in [0.717, 1.165) is 18.7 Å². The first kappa shape index (κ1) is 9.06. The molecule has 0 aliphatic carbocycles. The summed E-state index contributed by atoms with van der Waals surface area (Å²) < 4.78 is 0. The summed E-state index contributed by atoms with van der Waals surface area (Å²) in [6.45, 7) is 2.96. The van der Waals surface area contributed by atoms with Crippen molar-refractivity contribution >= 4 is 11.7 Å². The molecule has 0 fully saturated rings. The van der Waals surface area contributed by atoms with Gasteiger partial charge in [-0.1, -0.05) is 18.2 Å². The van der Waals surface area contributed by atoms with E-state index in [9.17, 15) is 4.79 Å². The molecule has 1 aliphatic heterocycles. The summed E-state index contributed by atoms with van der Waals surface area (Å²) in [7, 11) is 0. The number of carboxylic acids is 1. The molecule has 3 heteroatoms. The first-order valence-corrected chi connectivity index (χ1v) is 4.73. The summed E-state index contributed by atoms with van der Waals surface area (Å²) in [4.78, 5) is 12.6. The van der Waals surface area contributed by atoms with E-state index in [1.807, 2.05) is 24.0 Å². The van der Waals surface area contributed by atoms with Gasteiger partial charge in [0.25, 0.3) is 0 Å². The molecule has 0 atom stereocenters. The largest absolute Gasteiger partial charge is 0.480 e. The van der Waals surface area contributed by atoms with Gasteiger partial charge in [0.05, 0.1) is 0 Å². The minimum absolute atomic E-state index is 0.109. The van der Waals surface area contributed by atoms with E-state index in [1.54, 1.807) is 0 Å². The number of carboxylic acid groups (broad SMARTS) is 1. The zero-order chi connectivity index (χ0) is 10.1. The number of aliphatic carboxylic acids is 1. The standard InChI is InChI=1S/C11H13NO2/c1-8-3-2-4-9-5-6-12(11(8)9)7-10(13)14/h2-4H,5-7H2,1H3,(H,13,14). The predicted octanol–water partition coefficient (Wildman–Crippen LogP) is 1.44. The Labute approximate surface area is 83.0 Å². The van der Waals surface area contributed by atoms with Crippen LogP contribution in [0, 0.1) is 6.92 Å². The van der Waals surface area contributed by atoms with Crippen LogP contribution in [0.15, 0.2) is 18.2 Å². The number of para-hydroxylation sites is 1. The van der Waals surface area contributed by atoms with Crippen molar-refractivity contribution in [2.75, 3.05) is 18.0 Å². The maximum Gasteiger partial charge on any atom is 0.323 e. The highest BCUT2D eigenvalue weighted by Gasteiger charge is 2.21. The van der Waals surface area contributed by atoms with Crippen LogP contribution in [0.1, 0.15) is 11.1 Å². The molecule has 2 rings (SSSR count). The smallest absolute Gasteiger partial charge is 0.323 e. The molecule has 0 radical (unpaired) electrons. The Kier molecular flexibility index (Phi) is 2.15. The zero-order valence-electron chi connectivity index (χ0n) is 8.16. The van der Waals surface area contributed by atoms with Crippen LogP contribution in [0.5, 0.6) is 0 Å². The average Bonchev–Trinajstić information content (AvgIpc) is 2.49. The fourth-order valence-corrected chi connectivity index (χ4v) is 2.06. The first-order valence-electron chi connectivity index (χ1n) is 4.73. The molecule has 0 aromatic heterocycles. The third-order valence-corrected chi connectivity index (χ3v) is 2.61. The molecule has 1 aromatic carbocycles. The Morgan fingerprint density at radius 2 is 2.36 bits per heavy atom. The van der Waals surface area contributed by atoms with Gasteiger partial charge in [-0.2, -0.15) is 0 Å². The van der Waals surface area contributed by atoms with E-state index in [1.165, 1.54) is 11.1 Å². The number of fused-ring (bicyclic) bond motifs is 1. The highest BCUT2D eigenvalue weighted by molar-refractivity contribution is 5.76. The summed E-state index contributed by atoms with van der Waals surface area (Å²) in [6, 6.07) is 6.13. The number of nitrogens with zero attached hydrogens (tertiary/aromatic N) is 1. The molecule has 1 aliphatic rings. The van der Waals surface area contributed by atoms with Gasteiger partial charge in [-0.15, -0.1) is 0 Å². The van der Waals surface area contributed by atoms with Crippen LogP contribution >= 0.6 is 0 Å². The SMILES string of the molecule is Cc1cccc2c1N(CC(=O)O)CC2. The van der Waals surface area contributed by atoms with Crippen LogP contribution in [0.2, 0.25) is 0 Å². The summed E-state index contributed by atoms with van der Waals surface area (Å²) in [5.74, 6) is -0.763. The number of rotatable bonds is 2. The molecule has 14 heavy (non-hydrogen) atoms. The van der Waals surface area contributed by atoms with E-state index in [2.05, 4.69) is 6.07 Å². The van der Waals surface area contributed by atoms with Crippen LogP contribution in [-0.2, 0) is 11.2 Å². The summed E-state index contributed by atoms with van der Waals surface area (Å²) >= 11 is 0. The van der Waals surface area contributed by atoms with Gasteiger partial charge in [-0.25, -0.2) is 0 Å². The van der Waals surface area contributed by atoms with Gasteiger partial charge in [0, 0.05) is 12.2 Å². The lowest BCUT2D eigenvalue weighted by atomic mass is 10.1. The molecule has 74 valence electrons. The molecule has 0 saturated heterocycles. The lowest BCUT2D eigenvalue weighted by Crippen LogP contribution is -2.28. The van der Waals surface area contributed by atoms with Gasteiger partial charge in [0.2, 0.25) is 0 Å². The van der Waals surface area contributed by atoms with Gasteiger partial charge >= 0.3 is 5.97 Å². The first-order chi connectivity index (χ1) is 6.68. The lowest BCUT2D eigenvalue weighted by molar-refractivity contribution is -0.135. The molecule has 0 bridgehead atoms. The summed E-state index contributed by atoms with van der Waals surface area (Å²) in [5, 5.41) is 8.75. The number of anilines is 1. The van der Waals surface area contributed by atoms with Crippen molar-refractivity contribution in [3.63, 3.8) is 0 Å². The Hall–Kier alpha value is -1.51. The maximum absolute atomic E-state index is 10.6. The van der Waals surface area contributed by atoms with E-state index < -0.39 is 5.97 Å². The van der Waals surface area contributed by atoms with E-state index in [0.29, 0.717) is 0 Å². The highest BCUT2D eigenvalue weighted by atomic mass is 16.4. The highest BCUT2D eigenvalue weighted by Crippen LogP contribution is 2.30. The second-order valence-electron chi connectivity index (χ2n) is 3.65. The number of hydrogen-bond donors (Lipinski definition) is 1. The minimum atomic E-state index is -0.763. The van der Waals surface area contributed by atoms with Crippen LogP contribution < -0.4 is 4.90 Å². The van der Waals surface area contributed by atoms with Crippen molar-refractivity contribution in [3.05, 3.63) is 29.3 Å². The third-order valence-electron chi connectivity index (χ3n) is 2.61. The fourth-order valence-electron chi connectivity index (χ4n) is 2.06. The Morgan fingerprint density at radius 1 is 1.57 bits per heavy atom. The monoisotopic (exact) mass is 191 g/mol. The summed E-state index contributed by atoms with van der Waals surface area (Å²) in [5.41, 5.74) is 3.56. The molecule has 1 aromatic rings. The fraction of sp³-hybridized carbons (Fsp3) is 0.364. The lowest BCUT2D eigenvalue weighted by Gasteiger charge is -2.18. The van der Waals surface area contributed by atoms with Crippen molar-refractivity contribution < 1.29 is 9.90 Å². The van der Waals surface area contributed by atoms with Crippen LogP contribution in [0.3, 0.4) is 0 Å². The maximum atomic E-state index is 10.6. The molecule has 1 heterocycles. The summed E-state index contributed by atoms with van der Waals surface area (Å²) in [6.07, 6.45) is 0.963. The number of hydrogen-bond acceptors (Lipinski definition) is 2. The minimum Gasteiger partial charge on any atom is -0.480 e. The average molecular weight is 191 g/mol. The zero-order valence-corrected chi connectivity index (χ0v) is 8.16. The van der Waals surface area contributed by atoms with E-state index in [-0.39, 0.29) is 6.54 Å². The van der Waals surface area contributed by atoms with Gasteiger partial charge in [0.1, 0.15) is 6.54 Å². The van der Waals surface area contributed by atoms with Crippen LogP contribution in [0.25, 0.3) is 0 Å². The molecule has 0 spiro atoms. The van der Waals surface area contributed by atoms with Crippen LogP contribution in [0.4, 0.5) is 5.69 Å². The molecule has 0 unspecified atom stereocenters. The molecular formula is C11H13NO2. The molecule has 0 amide bonds. The number of benzene rings is 1. The van der Waals surface area contributed by atoms with Crippen molar-refractivity contribution in [1.82, 2.24) is 0 Å². The number of aryl methyl sites for hydroxylation is 1. The van der Waals surface area contributed by atoms with Gasteiger partial charge in [-0.05, 0) is 24.5 Å². The Balaban J connectivity index is 2.33. The number of carbonyl (C=O) groups is 1. The Bertz CT molecular complexity index is 374. The Morgan fingerprint density at radius 3 is 3.07 bits per heavy atom. The second-order valence-corrected chi connectivity index (χ2v) is 3.65. The van der Waals surface area contributed by atoms with Crippen molar-refractivity contribution in [2.24, 2.45) is 0 Å². The molecule has 3 nitrogen and oxygen atoms in total.